The van der Waals surface area contributed by atoms with Crippen LogP contribution in [0.15, 0.2) is 54.2 Å². The van der Waals surface area contributed by atoms with Gasteiger partial charge in [-0.15, -0.1) is 0 Å². The zero-order valence-corrected chi connectivity index (χ0v) is 15.1. The third kappa shape index (κ3) is 5.16. The number of carbonyl (C=O) groups is 1. The van der Waals surface area contributed by atoms with E-state index in [1.807, 2.05) is 30.3 Å². The SMILES string of the molecule is COc1ccc(CN/C=C(/C#N)C(=O)Nc2cc(Cl)ccc2OC)cc1. The number of nitrogens with zero attached hydrogens (tertiary/aromatic N) is 1. The van der Waals surface area contributed by atoms with Gasteiger partial charge in [0.2, 0.25) is 0 Å². The molecule has 2 aromatic carbocycles. The van der Waals surface area contributed by atoms with Crippen LogP contribution < -0.4 is 20.1 Å². The van der Waals surface area contributed by atoms with E-state index in [0.717, 1.165) is 11.3 Å². The van der Waals surface area contributed by atoms with Gasteiger partial charge in [0.1, 0.15) is 23.1 Å². The highest BCUT2D eigenvalue weighted by molar-refractivity contribution is 6.31. The monoisotopic (exact) mass is 371 g/mol. The molecule has 0 heterocycles. The molecule has 0 unspecified atom stereocenters. The number of nitriles is 1. The second-order valence-electron chi connectivity index (χ2n) is 5.20. The van der Waals surface area contributed by atoms with Gasteiger partial charge in [0.25, 0.3) is 5.91 Å². The lowest BCUT2D eigenvalue weighted by Crippen LogP contribution is -2.17. The number of amides is 1. The van der Waals surface area contributed by atoms with Crippen molar-refractivity contribution in [1.29, 1.82) is 5.26 Å². The number of anilines is 1. The number of hydrogen-bond donors (Lipinski definition) is 2. The van der Waals surface area contributed by atoms with E-state index in [4.69, 9.17) is 21.1 Å². The molecule has 0 aliphatic heterocycles. The fraction of sp³-hybridized carbons (Fsp3) is 0.158. The predicted octanol–water partition coefficient (Wildman–Crippen LogP) is 3.49. The van der Waals surface area contributed by atoms with Crippen molar-refractivity contribution in [3.63, 3.8) is 0 Å². The molecule has 134 valence electrons. The van der Waals surface area contributed by atoms with E-state index in [-0.39, 0.29) is 5.57 Å². The maximum absolute atomic E-state index is 12.3. The number of rotatable bonds is 7. The van der Waals surface area contributed by atoms with E-state index < -0.39 is 5.91 Å². The summed E-state index contributed by atoms with van der Waals surface area (Å²) in [6, 6.07) is 14.2. The van der Waals surface area contributed by atoms with Gasteiger partial charge in [-0.05, 0) is 35.9 Å². The minimum atomic E-state index is -0.560. The molecular formula is C19H18ClN3O3. The smallest absolute Gasteiger partial charge is 0.267 e. The number of benzene rings is 2. The zero-order chi connectivity index (χ0) is 18.9. The Morgan fingerprint density at radius 3 is 2.54 bits per heavy atom. The maximum atomic E-state index is 12.3. The van der Waals surface area contributed by atoms with Crippen molar-refractivity contribution < 1.29 is 14.3 Å². The third-order valence-electron chi connectivity index (χ3n) is 3.49. The minimum absolute atomic E-state index is 0.0689. The van der Waals surface area contributed by atoms with Crippen LogP contribution in [-0.2, 0) is 11.3 Å². The summed E-state index contributed by atoms with van der Waals surface area (Å²) < 4.78 is 10.3. The first kappa shape index (κ1) is 19.2. The molecule has 1 amide bonds. The molecule has 0 spiro atoms. The predicted molar refractivity (Wildman–Crippen MR) is 100 cm³/mol. The van der Waals surface area contributed by atoms with Crippen molar-refractivity contribution in [3.05, 3.63) is 64.8 Å². The topological polar surface area (TPSA) is 83.4 Å². The number of nitrogens with one attached hydrogen (secondary N) is 2. The van der Waals surface area contributed by atoms with Crippen LogP contribution in [0, 0.1) is 11.3 Å². The highest BCUT2D eigenvalue weighted by atomic mass is 35.5. The molecule has 0 aromatic heterocycles. The molecule has 6 nitrogen and oxygen atoms in total. The molecule has 0 aliphatic rings. The summed E-state index contributed by atoms with van der Waals surface area (Å²) >= 11 is 5.94. The highest BCUT2D eigenvalue weighted by Crippen LogP contribution is 2.27. The molecule has 26 heavy (non-hydrogen) atoms. The number of halogens is 1. The number of carbonyl (C=O) groups excluding carboxylic acids is 1. The molecule has 2 N–H and O–H groups in total. The van der Waals surface area contributed by atoms with Crippen molar-refractivity contribution in [2.24, 2.45) is 0 Å². The Balaban J connectivity index is 2.02. The lowest BCUT2D eigenvalue weighted by atomic mass is 10.2. The Morgan fingerprint density at radius 1 is 1.19 bits per heavy atom. The Kier molecular flexibility index (Phi) is 6.89. The maximum Gasteiger partial charge on any atom is 0.267 e. The van der Waals surface area contributed by atoms with Gasteiger partial charge in [0, 0.05) is 17.8 Å². The Labute approximate surface area is 157 Å². The molecule has 0 bridgehead atoms. The third-order valence-corrected chi connectivity index (χ3v) is 3.72. The second-order valence-corrected chi connectivity index (χ2v) is 5.63. The van der Waals surface area contributed by atoms with E-state index in [2.05, 4.69) is 10.6 Å². The lowest BCUT2D eigenvalue weighted by molar-refractivity contribution is -0.112. The molecule has 0 saturated carbocycles. The molecular weight excluding hydrogens is 354 g/mol. The molecule has 0 atom stereocenters. The Hall–Kier alpha value is -3.17. The molecule has 0 saturated heterocycles. The zero-order valence-electron chi connectivity index (χ0n) is 14.4. The number of methoxy groups -OCH3 is 2. The fourth-order valence-corrected chi connectivity index (χ4v) is 2.30. The average Bonchev–Trinajstić information content (AvgIpc) is 2.66. The van der Waals surface area contributed by atoms with Crippen LogP contribution in [-0.4, -0.2) is 20.1 Å². The molecule has 0 fully saturated rings. The first-order valence-electron chi connectivity index (χ1n) is 7.69. The molecule has 2 rings (SSSR count). The molecule has 0 aliphatic carbocycles. The van der Waals surface area contributed by atoms with Gasteiger partial charge in [-0.1, -0.05) is 23.7 Å². The first-order valence-corrected chi connectivity index (χ1v) is 8.06. The Bertz CT molecular complexity index is 842. The van der Waals surface area contributed by atoms with Crippen molar-refractivity contribution >= 4 is 23.2 Å². The van der Waals surface area contributed by atoms with E-state index in [1.54, 1.807) is 25.3 Å². The summed E-state index contributed by atoms with van der Waals surface area (Å²) in [6.45, 7) is 0.461. The van der Waals surface area contributed by atoms with Crippen LogP contribution in [0.25, 0.3) is 0 Å². The van der Waals surface area contributed by atoms with Crippen LogP contribution in [0.1, 0.15) is 5.56 Å². The van der Waals surface area contributed by atoms with Crippen LogP contribution in [0.5, 0.6) is 11.5 Å². The van der Waals surface area contributed by atoms with Gasteiger partial charge < -0.3 is 20.1 Å². The highest BCUT2D eigenvalue weighted by Gasteiger charge is 2.12. The Morgan fingerprint density at radius 2 is 1.92 bits per heavy atom. The van der Waals surface area contributed by atoms with Gasteiger partial charge in [-0.3, -0.25) is 4.79 Å². The molecule has 0 radical (unpaired) electrons. The average molecular weight is 372 g/mol. The number of ether oxygens (including phenoxy) is 2. The normalized spacial score (nSPS) is 10.6. The summed E-state index contributed by atoms with van der Waals surface area (Å²) in [5, 5.41) is 15.2. The summed E-state index contributed by atoms with van der Waals surface area (Å²) in [5.41, 5.74) is 1.30. The van der Waals surface area contributed by atoms with Crippen LogP contribution in [0.4, 0.5) is 5.69 Å². The molecule has 2 aromatic rings. The van der Waals surface area contributed by atoms with E-state index in [1.165, 1.54) is 13.3 Å². The summed E-state index contributed by atoms with van der Waals surface area (Å²) in [7, 11) is 3.08. The standard InChI is InChI=1S/C19H18ClN3O3/c1-25-16-6-3-13(4-7-16)11-22-12-14(10-21)19(24)23-17-9-15(20)5-8-18(17)26-2/h3-9,12,22H,11H2,1-2H3,(H,23,24)/b14-12-. The van der Waals surface area contributed by atoms with Crippen molar-refractivity contribution in [3.8, 4) is 17.6 Å². The van der Waals surface area contributed by atoms with Gasteiger partial charge in [0.05, 0.1) is 19.9 Å². The second kappa shape index (κ2) is 9.35. The summed E-state index contributed by atoms with van der Waals surface area (Å²) in [5.74, 6) is 0.651. The largest absolute Gasteiger partial charge is 0.497 e. The molecule has 7 heteroatoms. The van der Waals surface area contributed by atoms with Crippen LogP contribution in [0.2, 0.25) is 5.02 Å². The van der Waals surface area contributed by atoms with Crippen molar-refractivity contribution in [2.45, 2.75) is 6.54 Å². The van der Waals surface area contributed by atoms with Crippen molar-refractivity contribution in [2.75, 3.05) is 19.5 Å². The summed E-state index contributed by atoms with van der Waals surface area (Å²) in [4.78, 5) is 12.3. The number of hydrogen-bond acceptors (Lipinski definition) is 5. The van der Waals surface area contributed by atoms with Crippen LogP contribution in [0.3, 0.4) is 0 Å². The van der Waals surface area contributed by atoms with E-state index in [0.29, 0.717) is 23.0 Å². The van der Waals surface area contributed by atoms with Gasteiger partial charge in [0.15, 0.2) is 0 Å². The fourth-order valence-electron chi connectivity index (χ4n) is 2.13. The van der Waals surface area contributed by atoms with Crippen molar-refractivity contribution in [1.82, 2.24) is 5.32 Å². The van der Waals surface area contributed by atoms with E-state index >= 15 is 0 Å². The first-order chi connectivity index (χ1) is 12.6. The minimum Gasteiger partial charge on any atom is -0.497 e. The van der Waals surface area contributed by atoms with Gasteiger partial charge in [-0.2, -0.15) is 5.26 Å². The van der Waals surface area contributed by atoms with Gasteiger partial charge >= 0.3 is 0 Å². The quantitative estimate of drug-likeness (QED) is 0.575. The summed E-state index contributed by atoms with van der Waals surface area (Å²) in [6.07, 6.45) is 1.37. The van der Waals surface area contributed by atoms with Gasteiger partial charge in [-0.25, -0.2) is 0 Å². The lowest BCUT2D eigenvalue weighted by Gasteiger charge is -2.10. The van der Waals surface area contributed by atoms with Crippen LogP contribution >= 0.6 is 11.6 Å². The van der Waals surface area contributed by atoms with E-state index in [9.17, 15) is 10.1 Å².